The van der Waals surface area contributed by atoms with Crippen molar-refractivity contribution in [1.82, 2.24) is 5.32 Å². The molecule has 0 heterocycles. The lowest BCUT2D eigenvalue weighted by molar-refractivity contribution is 0.316. The van der Waals surface area contributed by atoms with Gasteiger partial charge in [-0.15, -0.1) is 0 Å². The smallest absolute Gasteiger partial charge is 0.00669 e. The van der Waals surface area contributed by atoms with E-state index >= 15 is 0 Å². The fourth-order valence-electron chi connectivity index (χ4n) is 2.77. The molecule has 15 heavy (non-hydrogen) atoms. The van der Waals surface area contributed by atoms with Gasteiger partial charge in [-0.25, -0.2) is 0 Å². The molecule has 0 spiro atoms. The molecule has 1 aliphatic rings. The second-order valence-corrected chi connectivity index (χ2v) is 5.19. The fourth-order valence-corrected chi connectivity index (χ4v) is 2.77. The molecule has 0 amide bonds. The van der Waals surface area contributed by atoms with Crippen molar-refractivity contribution in [2.75, 3.05) is 6.54 Å². The summed E-state index contributed by atoms with van der Waals surface area (Å²) in [7, 11) is 0. The molecule has 0 aromatic carbocycles. The Balaban J connectivity index is 0.00000225. The highest BCUT2D eigenvalue weighted by atomic mass is 14.9. The SMILES string of the molecule is CCCC(CCC)NCC1CCCCC1.[HH]. The predicted octanol–water partition coefficient (Wildman–Crippen LogP) is 4.37. The van der Waals surface area contributed by atoms with E-state index in [2.05, 4.69) is 19.2 Å². The lowest BCUT2D eigenvalue weighted by Crippen LogP contribution is -2.34. The van der Waals surface area contributed by atoms with Crippen molar-refractivity contribution >= 4 is 0 Å². The van der Waals surface area contributed by atoms with Crippen LogP contribution in [-0.2, 0) is 0 Å². The lowest BCUT2D eigenvalue weighted by atomic mass is 9.89. The van der Waals surface area contributed by atoms with E-state index in [1.54, 1.807) is 0 Å². The summed E-state index contributed by atoms with van der Waals surface area (Å²) in [6, 6.07) is 0.793. The van der Waals surface area contributed by atoms with Gasteiger partial charge in [0, 0.05) is 7.47 Å². The zero-order valence-corrected chi connectivity index (χ0v) is 10.7. The Labute approximate surface area is 97.5 Å². The first-order valence-electron chi connectivity index (χ1n) is 7.10. The number of hydrogen-bond donors (Lipinski definition) is 1. The first-order valence-corrected chi connectivity index (χ1v) is 7.10. The van der Waals surface area contributed by atoms with Crippen LogP contribution in [0.25, 0.3) is 0 Å². The summed E-state index contributed by atoms with van der Waals surface area (Å²) in [5.41, 5.74) is 0. The second kappa shape index (κ2) is 8.15. The molecule has 0 radical (unpaired) electrons. The van der Waals surface area contributed by atoms with Crippen LogP contribution in [0, 0.1) is 5.92 Å². The van der Waals surface area contributed by atoms with E-state index in [1.807, 2.05) is 0 Å². The summed E-state index contributed by atoms with van der Waals surface area (Å²) in [5, 5.41) is 3.79. The molecular formula is C14H31N. The van der Waals surface area contributed by atoms with Gasteiger partial charge >= 0.3 is 0 Å². The molecule has 0 aromatic rings. The van der Waals surface area contributed by atoms with Crippen LogP contribution < -0.4 is 5.32 Å². The van der Waals surface area contributed by atoms with Crippen LogP contribution in [0.5, 0.6) is 0 Å². The maximum absolute atomic E-state index is 3.79. The van der Waals surface area contributed by atoms with Gasteiger partial charge in [-0.3, -0.25) is 0 Å². The fraction of sp³-hybridized carbons (Fsp3) is 1.00. The average Bonchev–Trinajstić information content (AvgIpc) is 2.28. The van der Waals surface area contributed by atoms with Crippen LogP contribution in [0.2, 0.25) is 0 Å². The maximum atomic E-state index is 3.79. The van der Waals surface area contributed by atoms with Crippen molar-refractivity contribution < 1.29 is 1.43 Å². The Morgan fingerprint density at radius 2 is 1.67 bits per heavy atom. The Morgan fingerprint density at radius 1 is 1.07 bits per heavy atom. The van der Waals surface area contributed by atoms with Crippen LogP contribution in [0.1, 0.15) is 73.1 Å². The molecule has 1 fully saturated rings. The van der Waals surface area contributed by atoms with Gasteiger partial charge in [0.2, 0.25) is 0 Å². The van der Waals surface area contributed by atoms with E-state index in [1.165, 1.54) is 64.3 Å². The van der Waals surface area contributed by atoms with E-state index in [-0.39, 0.29) is 1.43 Å². The molecule has 92 valence electrons. The standard InChI is InChI=1S/C14H29N.H2/c1-3-8-14(9-4-2)15-12-13-10-6-5-7-11-13;/h13-15H,3-12H2,1-2H3;1H. The minimum Gasteiger partial charge on any atom is -0.314 e. The summed E-state index contributed by atoms with van der Waals surface area (Å²) in [6.07, 6.45) is 12.7. The highest BCUT2D eigenvalue weighted by Crippen LogP contribution is 2.23. The Bertz CT molecular complexity index is 138. The summed E-state index contributed by atoms with van der Waals surface area (Å²) in [5.74, 6) is 0.981. The molecule has 0 atom stereocenters. The molecule has 1 rings (SSSR count). The van der Waals surface area contributed by atoms with Gasteiger partial charge < -0.3 is 5.32 Å². The van der Waals surface area contributed by atoms with Gasteiger partial charge in [0.15, 0.2) is 0 Å². The predicted molar refractivity (Wildman–Crippen MR) is 70.3 cm³/mol. The molecule has 1 nitrogen and oxygen atoms in total. The molecule has 1 aliphatic carbocycles. The summed E-state index contributed by atoms with van der Waals surface area (Å²) < 4.78 is 0. The zero-order chi connectivity index (χ0) is 10.9. The molecule has 0 bridgehead atoms. The normalized spacial score (nSPS) is 18.6. The third-order valence-electron chi connectivity index (χ3n) is 3.69. The van der Waals surface area contributed by atoms with E-state index in [9.17, 15) is 0 Å². The number of nitrogens with one attached hydrogen (secondary N) is 1. The molecule has 1 saturated carbocycles. The Morgan fingerprint density at radius 3 is 2.20 bits per heavy atom. The van der Waals surface area contributed by atoms with Gasteiger partial charge in [0.05, 0.1) is 0 Å². The van der Waals surface area contributed by atoms with Crippen molar-refractivity contribution in [2.24, 2.45) is 5.92 Å². The summed E-state index contributed by atoms with van der Waals surface area (Å²) >= 11 is 0. The third-order valence-corrected chi connectivity index (χ3v) is 3.69. The van der Waals surface area contributed by atoms with Crippen molar-refractivity contribution in [2.45, 2.75) is 77.7 Å². The van der Waals surface area contributed by atoms with Crippen LogP contribution in [0.4, 0.5) is 0 Å². The third kappa shape index (κ3) is 5.55. The number of hydrogen-bond acceptors (Lipinski definition) is 1. The van der Waals surface area contributed by atoms with Gasteiger partial charge in [0.1, 0.15) is 0 Å². The molecular weight excluding hydrogens is 182 g/mol. The van der Waals surface area contributed by atoms with Crippen LogP contribution in [-0.4, -0.2) is 12.6 Å². The summed E-state index contributed by atoms with van der Waals surface area (Å²) in [4.78, 5) is 0. The molecule has 0 unspecified atom stereocenters. The largest absolute Gasteiger partial charge is 0.314 e. The topological polar surface area (TPSA) is 12.0 Å². The van der Waals surface area contributed by atoms with Crippen molar-refractivity contribution in [3.63, 3.8) is 0 Å². The van der Waals surface area contributed by atoms with Gasteiger partial charge in [-0.05, 0) is 38.1 Å². The van der Waals surface area contributed by atoms with Crippen LogP contribution >= 0.6 is 0 Å². The minimum absolute atomic E-state index is 0. The Hall–Kier alpha value is -0.0400. The van der Waals surface area contributed by atoms with E-state index in [0.29, 0.717) is 0 Å². The highest BCUT2D eigenvalue weighted by molar-refractivity contribution is 4.72. The first kappa shape index (κ1) is 13.0. The van der Waals surface area contributed by atoms with E-state index in [4.69, 9.17) is 0 Å². The molecule has 0 aromatic heterocycles. The lowest BCUT2D eigenvalue weighted by Gasteiger charge is -2.25. The Kier molecular flexibility index (Phi) is 7.08. The molecule has 1 heteroatoms. The second-order valence-electron chi connectivity index (χ2n) is 5.19. The zero-order valence-electron chi connectivity index (χ0n) is 10.7. The average molecular weight is 213 g/mol. The molecule has 0 aliphatic heterocycles. The molecule has 0 saturated heterocycles. The maximum Gasteiger partial charge on any atom is 0.00669 e. The van der Waals surface area contributed by atoms with Crippen molar-refractivity contribution in [3.05, 3.63) is 0 Å². The van der Waals surface area contributed by atoms with Crippen molar-refractivity contribution in [1.29, 1.82) is 0 Å². The van der Waals surface area contributed by atoms with E-state index < -0.39 is 0 Å². The first-order chi connectivity index (χ1) is 7.36. The van der Waals surface area contributed by atoms with Gasteiger partial charge in [-0.2, -0.15) is 0 Å². The number of rotatable bonds is 7. The van der Waals surface area contributed by atoms with Crippen LogP contribution in [0.3, 0.4) is 0 Å². The minimum atomic E-state index is 0. The van der Waals surface area contributed by atoms with Gasteiger partial charge in [-0.1, -0.05) is 46.0 Å². The monoisotopic (exact) mass is 213 g/mol. The van der Waals surface area contributed by atoms with Gasteiger partial charge in [0.25, 0.3) is 0 Å². The molecule has 1 N–H and O–H groups in total. The highest BCUT2D eigenvalue weighted by Gasteiger charge is 2.14. The van der Waals surface area contributed by atoms with Crippen molar-refractivity contribution in [3.8, 4) is 0 Å². The van der Waals surface area contributed by atoms with E-state index in [0.717, 1.165) is 12.0 Å². The quantitative estimate of drug-likeness (QED) is 0.662. The summed E-state index contributed by atoms with van der Waals surface area (Å²) in [6.45, 7) is 5.88. The van der Waals surface area contributed by atoms with Crippen LogP contribution in [0.15, 0.2) is 0 Å².